The Morgan fingerprint density at radius 2 is 1.86 bits per heavy atom. The first-order valence-electron chi connectivity index (χ1n) is 6.35. The molecule has 2 aromatic rings. The molecule has 0 saturated carbocycles. The summed E-state index contributed by atoms with van der Waals surface area (Å²) >= 11 is 6.66. The molecule has 112 valence electrons. The molecule has 0 fully saturated rings. The van der Waals surface area contributed by atoms with E-state index >= 15 is 0 Å². The molecular formula is C16H11Br2NO3. The number of carbonyl (C=O) groups is 1. The van der Waals surface area contributed by atoms with Crippen LogP contribution in [0, 0.1) is 10.1 Å². The molecule has 0 aliphatic rings. The lowest BCUT2D eigenvalue weighted by atomic mass is 10.0. The third-order valence-electron chi connectivity index (χ3n) is 3.07. The summed E-state index contributed by atoms with van der Waals surface area (Å²) in [5.41, 5.74) is 1.85. The molecule has 0 amide bonds. The molecule has 0 spiro atoms. The fourth-order valence-corrected chi connectivity index (χ4v) is 2.83. The molecule has 2 aromatic carbocycles. The molecule has 0 heterocycles. The zero-order chi connectivity index (χ0) is 16.1. The molecule has 6 heteroatoms. The van der Waals surface area contributed by atoms with Gasteiger partial charge in [-0.2, -0.15) is 0 Å². The van der Waals surface area contributed by atoms with Crippen LogP contribution in [0.4, 0.5) is 5.69 Å². The van der Waals surface area contributed by atoms with Gasteiger partial charge in [0.2, 0.25) is 0 Å². The van der Waals surface area contributed by atoms with Gasteiger partial charge < -0.3 is 0 Å². The van der Waals surface area contributed by atoms with E-state index in [1.54, 1.807) is 18.2 Å². The van der Waals surface area contributed by atoms with E-state index in [1.165, 1.54) is 6.07 Å². The van der Waals surface area contributed by atoms with Crippen LogP contribution in [0.1, 0.15) is 11.1 Å². The highest BCUT2D eigenvalue weighted by Gasteiger charge is 2.13. The highest BCUT2D eigenvalue weighted by molar-refractivity contribution is 9.10. The first-order chi connectivity index (χ1) is 10.5. The first kappa shape index (κ1) is 16.6. The maximum atomic E-state index is 11.3. The fourth-order valence-electron chi connectivity index (χ4n) is 2.02. The Morgan fingerprint density at radius 3 is 2.50 bits per heavy atom. The number of nitro groups is 1. The van der Waals surface area contributed by atoms with Crippen molar-refractivity contribution in [1.29, 1.82) is 0 Å². The van der Waals surface area contributed by atoms with Crippen molar-refractivity contribution in [3.8, 4) is 0 Å². The molecular weight excluding hydrogens is 414 g/mol. The van der Waals surface area contributed by atoms with Crippen LogP contribution in [0.25, 0.3) is 5.57 Å². The van der Waals surface area contributed by atoms with Gasteiger partial charge in [0.05, 0.1) is 4.92 Å². The number of hydrogen-bond acceptors (Lipinski definition) is 3. The van der Waals surface area contributed by atoms with Crippen LogP contribution >= 0.6 is 31.9 Å². The van der Waals surface area contributed by atoms with Crippen molar-refractivity contribution < 1.29 is 9.72 Å². The molecule has 0 bridgehead atoms. The average molecular weight is 425 g/mol. The Labute approximate surface area is 144 Å². The zero-order valence-electron chi connectivity index (χ0n) is 11.3. The monoisotopic (exact) mass is 423 g/mol. The van der Waals surface area contributed by atoms with Crippen LogP contribution in [-0.2, 0) is 11.2 Å². The van der Waals surface area contributed by atoms with Crippen LogP contribution in [0.15, 0.2) is 57.5 Å². The summed E-state index contributed by atoms with van der Waals surface area (Å²) in [6.45, 7) is 0. The van der Waals surface area contributed by atoms with E-state index < -0.39 is 4.92 Å². The lowest BCUT2D eigenvalue weighted by molar-refractivity contribution is -0.385. The Bertz CT molecular complexity index is 757. The van der Waals surface area contributed by atoms with Crippen LogP contribution in [0.2, 0.25) is 0 Å². The summed E-state index contributed by atoms with van der Waals surface area (Å²) in [4.78, 5) is 21.9. The minimum Gasteiger partial charge on any atom is -0.298 e. The SMILES string of the molecule is O=CC(=CCc1cc(Br)ccc1[N+](=O)[O-])c1cccc(Br)c1. The summed E-state index contributed by atoms with van der Waals surface area (Å²) in [5, 5.41) is 11.1. The van der Waals surface area contributed by atoms with E-state index in [2.05, 4.69) is 31.9 Å². The normalized spacial score (nSPS) is 11.3. The lowest BCUT2D eigenvalue weighted by Gasteiger charge is -2.04. The predicted octanol–water partition coefficient (Wildman–Crippen LogP) is 4.94. The molecule has 4 nitrogen and oxygen atoms in total. The van der Waals surface area contributed by atoms with Gasteiger partial charge in [-0.25, -0.2) is 0 Å². The summed E-state index contributed by atoms with van der Waals surface area (Å²) in [5.74, 6) is 0. The number of aldehydes is 1. The zero-order valence-corrected chi connectivity index (χ0v) is 14.5. The molecule has 0 saturated heterocycles. The number of nitro benzene ring substituents is 1. The molecule has 2 rings (SSSR count). The van der Waals surface area contributed by atoms with E-state index in [-0.39, 0.29) is 5.69 Å². The maximum Gasteiger partial charge on any atom is 0.272 e. The quantitative estimate of drug-likeness (QED) is 0.295. The number of rotatable bonds is 5. The number of benzene rings is 2. The Kier molecular flexibility index (Phi) is 5.63. The average Bonchev–Trinajstić information content (AvgIpc) is 2.47. The van der Waals surface area contributed by atoms with E-state index in [0.717, 1.165) is 20.8 Å². The molecule has 0 aliphatic carbocycles. The molecule has 22 heavy (non-hydrogen) atoms. The molecule has 0 N–H and O–H groups in total. The third kappa shape index (κ3) is 4.11. The highest BCUT2D eigenvalue weighted by Crippen LogP contribution is 2.25. The summed E-state index contributed by atoms with van der Waals surface area (Å²) in [6, 6.07) is 12.1. The van der Waals surface area contributed by atoms with Crippen LogP contribution in [0.3, 0.4) is 0 Å². The van der Waals surface area contributed by atoms with Crippen molar-refractivity contribution in [2.24, 2.45) is 0 Å². The number of carbonyl (C=O) groups excluding carboxylic acids is 1. The third-order valence-corrected chi connectivity index (χ3v) is 4.05. The number of allylic oxidation sites excluding steroid dienone is 2. The second kappa shape index (κ2) is 7.47. The van der Waals surface area contributed by atoms with Gasteiger partial charge in [-0.3, -0.25) is 14.9 Å². The van der Waals surface area contributed by atoms with Crippen molar-refractivity contribution in [3.63, 3.8) is 0 Å². The summed E-state index contributed by atoms with van der Waals surface area (Å²) in [6.07, 6.45) is 2.76. The Morgan fingerprint density at radius 1 is 1.14 bits per heavy atom. The Hall–Kier alpha value is -1.79. The summed E-state index contributed by atoms with van der Waals surface area (Å²) < 4.78 is 1.63. The van der Waals surface area contributed by atoms with Crippen molar-refractivity contribution in [2.45, 2.75) is 6.42 Å². The van der Waals surface area contributed by atoms with Crippen LogP contribution in [-0.4, -0.2) is 11.2 Å². The van der Waals surface area contributed by atoms with E-state index in [4.69, 9.17) is 0 Å². The topological polar surface area (TPSA) is 60.2 Å². The van der Waals surface area contributed by atoms with Gasteiger partial charge >= 0.3 is 0 Å². The van der Waals surface area contributed by atoms with E-state index in [1.807, 2.05) is 24.3 Å². The van der Waals surface area contributed by atoms with Crippen molar-refractivity contribution >= 4 is 49.4 Å². The first-order valence-corrected chi connectivity index (χ1v) is 7.94. The minimum atomic E-state index is -0.421. The lowest BCUT2D eigenvalue weighted by Crippen LogP contribution is -1.95. The Balaban J connectivity index is 2.35. The van der Waals surface area contributed by atoms with Gasteiger partial charge in [-0.1, -0.05) is 50.1 Å². The molecule has 0 radical (unpaired) electrons. The summed E-state index contributed by atoms with van der Waals surface area (Å²) in [7, 11) is 0. The largest absolute Gasteiger partial charge is 0.298 e. The van der Waals surface area contributed by atoms with Gasteiger partial charge in [0, 0.05) is 26.1 Å². The molecule has 0 unspecified atom stereocenters. The number of hydrogen-bond donors (Lipinski definition) is 0. The van der Waals surface area contributed by atoms with Crippen molar-refractivity contribution in [3.05, 3.63) is 78.7 Å². The van der Waals surface area contributed by atoms with E-state index in [9.17, 15) is 14.9 Å². The van der Waals surface area contributed by atoms with Crippen molar-refractivity contribution in [1.82, 2.24) is 0 Å². The van der Waals surface area contributed by atoms with E-state index in [0.29, 0.717) is 17.6 Å². The second-order valence-electron chi connectivity index (χ2n) is 4.52. The smallest absolute Gasteiger partial charge is 0.272 e. The number of halogens is 2. The molecule has 0 atom stereocenters. The van der Waals surface area contributed by atoms with Crippen LogP contribution in [0.5, 0.6) is 0 Å². The molecule has 0 aliphatic heterocycles. The highest BCUT2D eigenvalue weighted by atomic mass is 79.9. The number of nitrogens with zero attached hydrogens (tertiary/aromatic N) is 1. The van der Waals surface area contributed by atoms with Gasteiger partial charge in [0.15, 0.2) is 0 Å². The van der Waals surface area contributed by atoms with Crippen LogP contribution < -0.4 is 0 Å². The second-order valence-corrected chi connectivity index (χ2v) is 6.35. The minimum absolute atomic E-state index is 0.0407. The predicted molar refractivity (Wildman–Crippen MR) is 92.7 cm³/mol. The van der Waals surface area contributed by atoms with Gasteiger partial charge in [-0.05, 0) is 36.2 Å². The van der Waals surface area contributed by atoms with Crippen molar-refractivity contribution in [2.75, 3.05) is 0 Å². The van der Waals surface area contributed by atoms with Gasteiger partial charge in [-0.15, -0.1) is 0 Å². The van der Waals surface area contributed by atoms with Gasteiger partial charge in [0.25, 0.3) is 5.69 Å². The standard InChI is InChI=1S/C16H11Br2NO3/c17-14-3-1-2-11(8-14)13(10-20)5-4-12-9-15(18)6-7-16(12)19(21)22/h1-3,5-10H,4H2. The maximum absolute atomic E-state index is 11.3. The molecule has 0 aromatic heterocycles. The van der Waals surface area contributed by atoms with Gasteiger partial charge in [0.1, 0.15) is 6.29 Å². The fraction of sp³-hybridized carbons (Fsp3) is 0.0625.